The van der Waals surface area contributed by atoms with Crippen LogP contribution in [0.25, 0.3) is 0 Å². The molecule has 0 bridgehead atoms. The molecule has 19 heavy (non-hydrogen) atoms. The number of nitrogens with zero attached hydrogens (tertiary/aromatic N) is 2. The van der Waals surface area contributed by atoms with Gasteiger partial charge in [0.2, 0.25) is 0 Å². The number of aromatic nitrogens is 3. The zero-order valence-corrected chi connectivity index (χ0v) is 12.0. The Morgan fingerprint density at radius 3 is 2.68 bits per heavy atom. The topological polar surface area (TPSA) is 67.6 Å². The number of H-pyrrole nitrogens is 1. The molecule has 3 N–H and O–H groups in total. The van der Waals surface area contributed by atoms with Gasteiger partial charge in [-0.1, -0.05) is 39.0 Å². The maximum atomic E-state index is 6.57. The van der Waals surface area contributed by atoms with Crippen molar-refractivity contribution in [2.45, 2.75) is 76.2 Å². The van der Waals surface area contributed by atoms with E-state index in [1.54, 1.807) is 0 Å². The highest BCUT2D eigenvalue weighted by Crippen LogP contribution is 2.37. The van der Waals surface area contributed by atoms with E-state index in [1.165, 1.54) is 44.9 Å². The number of hydrogen-bond donors (Lipinski definition) is 2. The first kappa shape index (κ1) is 13.1. The van der Waals surface area contributed by atoms with Crippen LogP contribution in [0.5, 0.6) is 0 Å². The quantitative estimate of drug-likeness (QED) is 0.860. The van der Waals surface area contributed by atoms with Crippen LogP contribution < -0.4 is 5.73 Å². The highest BCUT2D eigenvalue weighted by atomic mass is 15.2. The maximum Gasteiger partial charge on any atom is 0.170 e. The van der Waals surface area contributed by atoms with E-state index >= 15 is 0 Å². The molecule has 2 saturated carbocycles. The summed E-state index contributed by atoms with van der Waals surface area (Å²) < 4.78 is 0. The van der Waals surface area contributed by atoms with Gasteiger partial charge < -0.3 is 5.73 Å². The van der Waals surface area contributed by atoms with Gasteiger partial charge in [-0.05, 0) is 31.6 Å². The highest BCUT2D eigenvalue weighted by Gasteiger charge is 2.36. The molecule has 1 aromatic heterocycles. The van der Waals surface area contributed by atoms with Crippen molar-refractivity contribution in [1.82, 2.24) is 15.2 Å². The Kier molecular flexibility index (Phi) is 3.61. The van der Waals surface area contributed by atoms with Crippen molar-refractivity contribution in [3.05, 3.63) is 11.6 Å². The van der Waals surface area contributed by atoms with Crippen LogP contribution in [-0.2, 0) is 5.54 Å². The van der Waals surface area contributed by atoms with Crippen molar-refractivity contribution in [3.8, 4) is 0 Å². The molecular formula is C15H26N4. The first-order valence-corrected chi connectivity index (χ1v) is 7.89. The summed E-state index contributed by atoms with van der Waals surface area (Å²) >= 11 is 0. The molecule has 0 aromatic carbocycles. The summed E-state index contributed by atoms with van der Waals surface area (Å²) in [6, 6.07) is 0. The molecule has 4 heteroatoms. The molecule has 3 rings (SSSR count). The molecule has 0 radical (unpaired) electrons. The molecule has 1 heterocycles. The van der Waals surface area contributed by atoms with E-state index in [9.17, 15) is 0 Å². The van der Waals surface area contributed by atoms with Crippen LogP contribution in [0.1, 0.15) is 82.3 Å². The first-order valence-electron chi connectivity index (χ1n) is 7.89. The Morgan fingerprint density at radius 2 is 1.95 bits per heavy atom. The van der Waals surface area contributed by atoms with Crippen LogP contribution in [0.3, 0.4) is 0 Å². The standard InChI is InChI=1S/C15H26N4/c1-11-6-5-9-15(16,10-11)14-17-13(18-19-14)12-7-3-2-4-8-12/h11-12H,2-10,16H2,1H3,(H,17,18,19). The Bertz CT molecular complexity index is 422. The second-order valence-corrected chi connectivity index (χ2v) is 6.74. The third-order valence-corrected chi connectivity index (χ3v) is 4.97. The Morgan fingerprint density at radius 1 is 1.16 bits per heavy atom. The summed E-state index contributed by atoms with van der Waals surface area (Å²) in [6.45, 7) is 2.29. The van der Waals surface area contributed by atoms with E-state index in [-0.39, 0.29) is 5.54 Å². The number of nitrogens with one attached hydrogen (secondary N) is 1. The zero-order chi connectivity index (χ0) is 13.3. The third kappa shape index (κ3) is 2.69. The number of hydrogen-bond acceptors (Lipinski definition) is 3. The maximum absolute atomic E-state index is 6.57. The average Bonchev–Trinajstić information content (AvgIpc) is 2.90. The van der Waals surface area contributed by atoms with Gasteiger partial charge >= 0.3 is 0 Å². The van der Waals surface area contributed by atoms with Gasteiger partial charge in [-0.15, -0.1) is 0 Å². The minimum Gasteiger partial charge on any atom is -0.319 e. The lowest BCUT2D eigenvalue weighted by Crippen LogP contribution is -2.42. The molecule has 0 saturated heterocycles. The van der Waals surface area contributed by atoms with Gasteiger partial charge in [-0.25, -0.2) is 4.98 Å². The number of aromatic amines is 1. The molecular weight excluding hydrogens is 236 g/mol. The molecule has 2 atom stereocenters. The van der Waals surface area contributed by atoms with Crippen molar-refractivity contribution < 1.29 is 0 Å². The van der Waals surface area contributed by atoms with Crippen LogP contribution in [0.4, 0.5) is 0 Å². The molecule has 2 fully saturated rings. The number of rotatable bonds is 2. The Balaban J connectivity index is 1.76. The van der Waals surface area contributed by atoms with Gasteiger partial charge in [0.1, 0.15) is 5.82 Å². The minimum absolute atomic E-state index is 0.291. The van der Waals surface area contributed by atoms with E-state index in [1.807, 2.05) is 0 Å². The SMILES string of the molecule is CC1CCCC(N)(c2n[nH]c(C3CCCCC3)n2)C1. The van der Waals surface area contributed by atoms with Gasteiger partial charge in [0, 0.05) is 5.92 Å². The Labute approximate surface area is 115 Å². The van der Waals surface area contributed by atoms with Crippen LogP contribution >= 0.6 is 0 Å². The van der Waals surface area contributed by atoms with Crippen LogP contribution in [0.2, 0.25) is 0 Å². The monoisotopic (exact) mass is 262 g/mol. The van der Waals surface area contributed by atoms with Gasteiger partial charge in [0.25, 0.3) is 0 Å². The van der Waals surface area contributed by atoms with E-state index < -0.39 is 0 Å². The van der Waals surface area contributed by atoms with Gasteiger partial charge in [-0.3, -0.25) is 5.10 Å². The smallest absolute Gasteiger partial charge is 0.170 e. The molecule has 4 nitrogen and oxygen atoms in total. The van der Waals surface area contributed by atoms with E-state index in [2.05, 4.69) is 17.1 Å². The summed E-state index contributed by atoms with van der Waals surface area (Å²) in [6.07, 6.45) is 11.1. The van der Waals surface area contributed by atoms with E-state index in [4.69, 9.17) is 10.7 Å². The van der Waals surface area contributed by atoms with E-state index in [0.717, 1.165) is 24.5 Å². The summed E-state index contributed by atoms with van der Waals surface area (Å²) in [4.78, 5) is 4.77. The predicted octanol–water partition coefficient (Wildman–Crippen LogP) is 3.22. The van der Waals surface area contributed by atoms with Crippen molar-refractivity contribution in [2.24, 2.45) is 11.7 Å². The summed E-state index contributed by atoms with van der Waals surface area (Å²) in [5, 5.41) is 7.63. The van der Waals surface area contributed by atoms with Crippen molar-refractivity contribution >= 4 is 0 Å². The minimum atomic E-state index is -0.291. The third-order valence-electron chi connectivity index (χ3n) is 4.97. The summed E-state index contributed by atoms with van der Waals surface area (Å²) in [5.74, 6) is 3.22. The second-order valence-electron chi connectivity index (χ2n) is 6.74. The molecule has 2 unspecified atom stereocenters. The largest absolute Gasteiger partial charge is 0.319 e. The fourth-order valence-corrected chi connectivity index (χ4v) is 3.85. The fraction of sp³-hybridized carbons (Fsp3) is 0.867. The molecule has 106 valence electrons. The summed E-state index contributed by atoms with van der Waals surface area (Å²) in [5.41, 5.74) is 6.28. The second kappa shape index (κ2) is 5.23. The molecule has 2 aliphatic carbocycles. The lowest BCUT2D eigenvalue weighted by atomic mass is 9.76. The van der Waals surface area contributed by atoms with Gasteiger partial charge in [-0.2, -0.15) is 5.10 Å². The Hall–Kier alpha value is -0.900. The number of nitrogens with two attached hydrogens (primary N) is 1. The fourth-order valence-electron chi connectivity index (χ4n) is 3.85. The zero-order valence-electron chi connectivity index (χ0n) is 12.0. The van der Waals surface area contributed by atoms with Crippen LogP contribution in [0, 0.1) is 5.92 Å². The molecule has 0 amide bonds. The van der Waals surface area contributed by atoms with Crippen LogP contribution in [-0.4, -0.2) is 15.2 Å². The first-order chi connectivity index (χ1) is 9.17. The molecule has 1 aromatic rings. The van der Waals surface area contributed by atoms with Gasteiger partial charge in [0.15, 0.2) is 5.82 Å². The molecule has 2 aliphatic rings. The van der Waals surface area contributed by atoms with Crippen molar-refractivity contribution in [3.63, 3.8) is 0 Å². The summed E-state index contributed by atoms with van der Waals surface area (Å²) in [7, 11) is 0. The lowest BCUT2D eigenvalue weighted by molar-refractivity contribution is 0.228. The molecule has 0 spiro atoms. The van der Waals surface area contributed by atoms with Crippen molar-refractivity contribution in [1.29, 1.82) is 0 Å². The normalized spacial score (nSPS) is 33.5. The van der Waals surface area contributed by atoms with Crippen LogP contribution in [0.15, 0.2) is 0 Å². The van der Waals surface area contributed by atoms with Gasteiger partial charge in [0.05, 0.1) is 5.54 Å². The predicted molar refractivity (Wildman–Crippen MR) is 75.7 cm³/mol. The lowest BCUT2D eigenvalue weighted by Gasteiger charge is -2.34. The molecule has 0 aliphatic heterocycles. The van der Waals surface area contributed by atoms with Crippen molar-refractivity contribution in [2.75, 3.05) is 0 Å². The average molecular weight is 262 g/mol. The highest BCUT2D eigenvalue weighted by molar-refractivity contribution is 5.09. The van der Waals surface area contributed by atoms with E-state index in [0.29, 0.717) is 11.8 Å².